The molecule has 0 spiro atoms. The third-order valence-electron chi connectivity index (χ3n) is 4.92. The van der Waals surface area contributed by atoms with Gasteiger partial charge in [0.05, 0.1) is 12.0 Å². The molecule has 0 aromatic heterocycles. The molecule has 1 unspecified atom stereocenters. The van der Waals surface area contributed by atoms with Crippen molar-refractivity contribution in [3.05, 3.63) is 0 Å². The summed E-state index contributed by atoms with van der Waals surface area (Å²) in [4.78, 5) is 15.1. The van der Waals surface area contributed by atoms with E-state index in [0.717, 1.165) is 44.9 Å². The van der Waals surface area contributed by atoms with E-state index in [-0.39, 0.29) is 11.3 Å². The first-order valence-corrected chi connectivity index (χ1v) is 8.36. The number of hydrogen-bond donors (Lipinski definition) is 2. The third kappa shape index (κ3) is 4.66. The Morgan fingerprint density at radius 1 is 1.43 bits per heavy atom. The number of amides is 1. The zero-order valence-corrected chi connectivity index (χ0v) is 13.6. The van der Waals surface area contributed by atoms with Crippen molar-refractivity contribution in [1.82, 2.24) is 15.5 Å². The number of methoxy groups -OCH3 is 1. The molecule has 2 saturated heterocycles. The molecule has 2 N–H and O–H groups in total. The SMILES string of the molecule is COCC1(C(=O)NCCN2CCCC(C)C2)CCNCC1. The largest absolute Gasteiger partial charge is 0.384 e. The summed E-state index contributed by atoms with van der Waals surface area (Å²) < 4.78 is 5.32. The van der Waals surface area contributed by atoms with Gasteiger partial charge in [-0.05, 0) is 51.2 Å². The molecule has 2 aliphatic rings. The molecule has 0 aliphatic carbocycles. The van der Waals surface area contributed by atoms with Gasteiger partial charge in [-0.15, -0.1) is 0 Å². The van der Waals surface area contributed by atoms with Crippen LogP contribution in [0, 0.1) is 11.3 Å². The molecule has 0 aromatic rings. The molecular weight excluding hydrogens is 266 g/mol. The first-order valence-electron chi connectivity index (χ1n) is 8.36. The van der Waals surface area contributed by atoms with E-state index in [1.807, 2.05) is 0 Å². The van der Waals surface area contributed by atoms with Gasteiger partial charge in [0.15, 0.2) is 0 Å². The standard InChI is InChI=1S/C16H31N3O2/c1-14-4-3-10-19(12-14)11-9-18-15(20)16(13-21-2)5-7-17-8-6-16/h14,17H,3-13H2,1-2H3,(H,18,20). The number of nitrogens with zero attached hydrogens (tertiary/aromatic N) is 1. The number of ether oxygens (including phenoxy) is 1. The zero-order valence-electron chi connectivity index (χ0n) is 13.6. The van der Waals surface area contributed by atoms with Crippen molar-refractivity contribution < 1.29 is 9.53 Å². The Bertz CT molecular complexity index is 324. The second-order valence-corrected chi connectivity index (χ2v) is 6.77. The van der Waals surface area contributed by atoms with Crippen LogP contribution in [0.3, 0.4) is 0 Å². The molecule has 0 radical (unpaired) electrons. The Hall–Kier alpha value is -0.650. The molecule has 21 heavy (non-hydrogen) atoms. The lowest BCUT2D eigenvalue weighted by molar-refractivity contribution is -0.136. The monoisotopic (exact) mass is 297 g/mol. The number of hydrogen-bond acceptors (Lipinski definition) is 4. The van der Waals surface area contributed by atoms with Crippen molar-refractivity contribution in [1.29, 1.82) is 0 Å². The Morgan fingerprint density at radius 3 is 2.86 bits per heavy atom. The lowest BCUT2D eigenvalue weighted by atomic mass is 9.78. The van der Waals surface area contributed by atoms with Gasteiger partial charge >= 0.3 is 0 Å². The van der Waals surface area contributed by atoms with Crippen LogP contribution in [0.2, 0.25) is 0 Å². The van der Waals surface area contributed by atoms with Crippen LogP contribution in [0.5, 0.6) is 0 Å². The number of likely N-dealkylation sites (tertiary alicyclic amines) is 1. The molecule has 2 rings (SSSR count). The molecule has 0 saturated carbocycles. The molecule has 2 aliphatic heterocycles. The number of rotatable bonds is 6. The van der Waals surface area contributed by atoms with E-state index >= 15 is 0 Å². The van der Waals surface area contributed by atoms with E-state index < -0.39 is 0 Å². The van der Waals surface area contributed by atoms with Gasteiger partial charge in [-0.2, -0.15) is 0 Å². The van der Waals surface area contributed by atoms with Gasteiger partial charge in [-0.1, -0.05) is 6.92 Å². The van der Waals surface area contributed by atoms with Gasteiger partial charge < -0.3 is 20.3 Å². The first kappa shape index (κ1) is 16.7. The minimum Gasteiger partial charge on any atom is -0.384 e. The predicted molar refractivity (Wildman–Crippen MR) is 84.3 cm³/mol. The summed E-state index contributed by atoms with van der Waals surface area (Å²) in [7, 11) is 1.69. The first-order chi connectivity index (χ1) is 10.2. The second-order valence-electron chi connectivity index (χ2n) is 6.77. The summed E-state index contributed by atoms with van der Waals surface area (Å²) in [6.07, 6.45) is 4.36. The van der Waals surface area contributed by atoms with Gasteiger partial charge in [0.25, 0.3) is 0 Å². The fraction of sp³-hybridized carbons (Fsp3) is 0.938. The van der Waals surface area contributed by atoms with Crippen LogP contribution >= 0.6 is 0 Å². The molecule has 0 aromatic carbocycles. The quantitative estimate of drug-likeness (QED) is 0.763. The highest BCUT2D eigenvalue weighted by Crippen LogP contribution is 2.29. The van der Waals surface area contributed by atoms with Gasteiger partial charge in [0.1, 0.15) is 0 Å². The van der Waals surface area contributed by atoms with Crippen LogP contribution in [-0.4, -0.2) is 63.8 Å². The maximum atomic E-state index is 12.6. The molecule has 2 fully saturated rings. The Morgan fingerprint density at radius 2 is 2.19 bits per heavy atom. The molecule has 5 nitrogen and oxygen atoms in total. The number of nitrogens with one attached hydrogen (secondary N) is 2. The molecule has 5 heteroatoms. The molecule has 1 atom stereocenters. The van der Waals surface area contributed by atoms with E-state index in [0.29, 0.717) is 6.61 Å². The maximum Gasteiger partial charge on any atom is 0.228 e. The van der Waals surface area contributed by atoms with Crippen molar-refractivity contribution >= 4 is 5.91 Å². The Labute approximate surface area is 128 Å². The van der Waals surface area contributed by atoms with Crippen molar-refractivity contribution in [2.24, 2.45) is 11.3 Å². The van der Waals surface area contributed by atoms with Crippen molar-refractivity contribution in [3.63, 3.8) is 0 Å². The minimum absolute atomic E-state index is 0.177. The Balaban J connectivity index is 1.76. The minimum atomic E-state index is -0.324. The van der Waals surface area contributed by atoms with Crippen LogP contribution in [-0.2, 0) is 9.53 Å². The topological polar surface area (TPSA) is 53.6 Å². The molecule has 122 valence electrons. The molecule has 2 heterocycles. The number of carbonyl (C=O) groups is 1. The van der Waals surface area contributed by atoms with Crippen molar-refractivity contribution in [3.8, 4) is 0 Å². The van der Waals surface area contributed by atoms with Crippen LogP contribution in [0.1, 0.15) is 32.6 Å². The van der Waals surface area contributed by atoms with Gasteiger partial charge in [-0.3, -0.25) is 4.79 Å². The predicted octanol–water partition coefficient (Wildman–Crippen LogP) is 0.851. The summed E-state index contributed by atoms with van der Waals surface area (Å²) in [5.74, 6) is 0.967. The van der Waals surface area contributed by atoms with Gasteiger partial charge in [0, 0.05) is 26.7 Å². The molecular formula is C16H31N3O2. The van der Waals surface area contributed by atoms with Gasteiger partial charge in [0.2, 0.25) is 5.91 Å². The summed E-state index contributed by atoms with van der Waals surface area (Å²) in [6.45, 7) is 8.72. The van der Waals surface area contributed by atoms with Crippen LogP contribution in [0.25, 0.3) is 0 Å². The lowest BCUT2D eigenvalue weighted by Crippen LogP contribution is -2.51. The maximum absolute atomic E-state index is 12.6. The van der Waals surface area contributed by atoms with E-state index in [1.54, 1.807) is 7.11 Å². The average molecular weight is 297 g/mol. The summed E-state index contributed by atoms with van der Waals surface area (Å²) in [5, 5.41) is 6.47. The summed E-state index contributed by atoms with van der Waals surface area (Å²) >= 11 is 0. The normalized spacial score (nSPS) is 26.5. The second kappa shape index (κ2) is 8.11. The molecule has 0 bridgehead atoms. The van der Waals surface area contributed by atoms with Crippen LogP contribution in [0.15, 0.2) is 0 Å². The average Bonchev–Trinajstić information content (AvgIpc) is 2.48. The highest BCUT2D eigenvalue weighted by molar-refractivity contribution is 5.83. The Kier molecular flexibility index (Phi) is 6.45. The van der Waals surface area contributed by atoms with Crippen molar-refractivity contribution in [2.75, 3.05) is 53.0 Å². The zero-order chi connectivity index (χ0) is 15.1. The smallest absolute Gasteiger partial charge is 0.228 e. The summed E-state index contributed by atoms with van der Waals surface area (Å²) in [6, 6.07) is 0. The van der Waals surface area contributed by atoms with E-state index in [1.165, 1.54) is 25.9 Å². The fourth-order valence-corrected chi connectivity index (χ4v) is 3.62. The van der Waals surface area contributed by atoms with Crippen LogP contribution in [0.4, 0.5) is 0 Å². The van der Waals surface area contributed by atoms with E-state index in [4.69, 9.17) is 4.74 Å². The molecule has 1 amide bonds. The highest BCUT2D eigenvalue weighted by Gasteiger charge is 2.39. The van der Waals surface area contributed by atoms with Gasteiger partial charge in [-0.25, -0.2) is 0 Å². The highest BCUT2D eigenvalue weighted by atomic mass is 16.5. The van der Waals surface area contributed by atoms with Crippen LogP contribution < -0.4 is 10.6 Å². The number of piperidine rings is 2. The summed E-state index contributed by atoms with van der Waals surface area (Å²) in [5.41, 5.74) is -0.324. The van der Waals surface area contributed by atoms with E-state index in [9.17, 15) is 4.79 Å². The third-order valence-corrected chi connectivity index (χ3v) is 4.92. The number of carbonyl (C=O) groups excluding carboxylic acids is 1. The van der Waals surface area contributed by atoms with Crippen molar-refractivity contribution in [2.45, 2.75) is 32.6 Å². The van der Waals surface area contributed by atoms with E-state index in [2.05, 4.69) is 22.5 Å². The lowest BCUT2D eigenvalue weighted by Gasteiger charge is -2.36. The fourth-order valence-electron chi connectivity index (χ4n) is 3.62.